The summed E-state index contributed by atoms with van der Waals surface area (Å²) in [4.78, 5) is 13.9. The monoisotopic (exact) mass is 573 g/mol. The number of hydrogen-bond donors (Lipinski definition) is 1. The zero-order chi connectivity index (χ0) is 28.8. The van der Waals surface area contributed by atoms with Crippen LogP contribution in [-0.4, -0.2) is 61.2 Å². The number of benzene rings is 3. The molecule has 7 heteroatoms. The second-order valence-corrected chi connectivity index (χ2v) is 12.8. The molecule has 1 atom stereocenters. The quantitative estimate of drug-likeness (QED) is 0.239. The third-order valence-corrected chi connectivity index (χ3v) is 9.97. The summed E-state index contributed by atoms with van der Waals surface area (Å²) in [7, 11) is 0.758. The topological polar surface area (TPSA) is 57.2 Å². The van der Waals surface area contributed by atoms with Crippen LogP contribution in [0.2, 0.25) is 0 Å². The summed E-state index contributed by atoms with van der Waals surface area (Å²) in [6, 6.07) is 27.5. The number of likely N-dealkylation sites (N-methyl/N-ethyl adjacent to an activating group) is 1. The lowest BCUT2D eigenvalue weighted by Crippen LogP contribution is -2.43. The van der Waals surface area contributed by atoms with Crippen molar-refractivity contribution in [1.29, 1.82) is 0 Å². The molecule has 0 bridgehead atoms. The van der Waals surface area contributed by atoms with Crippen LogP contribution in [0.25, 0.3) is 44.2 Å². The molecule has 42 heavy (non-hydrogen) atoms. The van der Waals surface area contributed by atoms with Gasteiger partial charge in [0.15, 0.2) is 16.6 Å². The Balaban J connectivity index is 1.30. The molecule has 6 aromatic rings. The van der Waals surface area contributed by atoms with Gasteiger partial charge in [0.1, 0.15) is 0 Å². The number of aryl methyl sites for hydroxylation is 1. The van der Waals surface area contributed by atoms with Gasteiger partial charge in [-0.25, -0.2) is 13.2 Å². The maximum absolute atomic E-state index is 14.0. The van der Waals surface area contributed by atoms with Gasteiger partial charge >= 0.3 is 0 Å². The third-order valence-electron chi connectivity index (χ3n) is 8.51. The summed E-state index contributed by atoms with van der Waals surface area (Å²) in [6.07, 6.45) is 3.88. The van der Waals surface area contributed by atoms with Crippen molar-refractivity contribution in [2.24, 2.45) is 0 Å². The van der Waals surface area contributed by atoms with Crippen LogP contribution >= 0.6 is 0 Å². The van der Waals surface area contributed by atoms with Crippen molar-refractivity contribution >= 4 is 32.9 Å². The molecule has 0 aliphatic carbocycles. The molecular weight excluding hydrogens is 538 g/mol. The summed E-state index contributed by atoms with van der Waals surface area (Å²) < 4.78 is 15.9. The number of aromatic amines is 1. The van der Waals surface area contributed by atoms with E-state index in [1.54, 1.807) is 0 Å². The molecular formula is C35H35N5OS. The Hall–Kier alpha value is -4.04. The molecule has 1 aliphatic heterocycles. The van der Waals surface area contributed by atoms with E-state index in [9.17, 15) is 4.21 Å². The molecule has 1 fully saturated rings. The molecule has 6 nitrogen and oxygen atoms in total. The van der Waals surface area contributed by atoms with E-state index in [0.717, 1.165) is 93.1 Å². The smallest absolute Gasteiger partial charge is 0.158 e. The Morgan fingerprint density at radius 3 is 2.33 bits per heavy atom. The number of hydrogen-bond acceptors (Lipinski definition) is 4. The lowest BCUT2D eigenvalue weighted by Gasteiger charge is -2.32. The van der Waals surface area contributed by atoms with Gasteiger partial charge in [-0.05, 0) is 79.4 Å². The molecule has 0 amide bonds. The van der Waals surface area contributed by atoms with Crippen LogP contribution < -0.4 is 0 Å². The van der Waals surface area contributed by atoms with Crippen molar-refractivity contribution < 1.29 is 4.21 Å². The van der Waals surface area contributed by atoms with E-state index in [-0.39, 0.29) is 0 Å². The van der Waals surface area contributed by atoms with Gasteiger partial charge < -0.3 is 9.88 Å². The number of fused-ring (bicyclic) bond motifs is 2. The summed E-state index contributed by atoms with van der Waals surface area (Å²) in [5.74, 6) is 0. The Kier molecular flexibility index (Phi) is 7.02. The minimum atomic E-state index is -1.43. The van der Waals surface area contributed by atoms with E-state index >= 15 is 0 Å². The highest BCUT2D eigenvalue weighted by atomic mass is 32.2. The van der Waals surface area contributed by atoms with Gasteiger partial charge in [0.2, 0.25) is 0 Å². The lowest BCUT2D eigenvalue weighted by atomic mass is 9.99. The van der Waals surface area contributed by atoms with E-state index in [4.69, 9.17) is 4.98 Å². The number of H-pyrrole nitrogens is 1. The summed E-state index contributed by atoms with van der Waals surface area (Å²) in [5, 5.41) is 2.15. The average Bonchev–Trinajstić information content (AvgIpc) is 3.59. The van der Waals surface area contributed by atoms with Crippen molar-refractivity contribution in [3.05, 3.63) is 108 Å². The van der Waals surface area contributed by atoms with E-state index in [2.05, 4.69) is 83.4 Å². The van der Waals surface area contributed by atoms with Crippen molar-refractivity contribution in [2.75, 3.05) is 33.2 Å². The second-order valence-electron chi connectivity index (χ2n) is 11.5. The fourth-order valence-corrected chi connectivity index (χ4v) is 7.24. The number of aromatic nitrogens is 3. The van der Waals surface area contributed by atoms with E-state index < -0.39 is 11.0 Å². The SMILES string of the molecule is Cc1ccc(S(=O)n2c(C)c(-c3ccc4[nH]ccc4c3)c3cc(-c4ccc(CN5CCN(C)CC5)cc4)cnc32)cc1. The standard InChI is InChI=1S/C35H35N5OS/c1-24-4-11-31(12-5-24)42(41)40-25(2)34(29-10-13-33-28(20-29)14-15-36-33)32-21-30(22-37-35(32)40)27-8-6-26(7-9-27)23-39-18-16-38(3)17-19-39/h4-15,20-22,36H,16-19,23H2,1-3H3. The highest BCUT2D eigenvalue weighted by Gasteiger charge is 2.22. The Morgan fingerprint density at radius 2 is 1.57 bits per heavy atom. The number of nitrogens with zero attached hydrogens (tertiary/aromatic N) is 4. The average molecular weight is 574 g/mol. The first-order chi connectivity index (χ1) is 20.4. The predicted octanol–water partition coefficient (Wildman–Crippen LogP) is 6.79. The van der Waals surface area contributed by atoms with Crippen LogP contribution in [-0.2, 0) is 17.5 Å². The van der Waals surface area contributed by atoms with Crippen LogP contribution in [0.15, 0.2) is 96.2 Å². The molecule has 4 heterocycles. The zero-order valence-electron chi connectivity index (χ0n) is 24.3. The van der Waals surface area contributed by atoms with Gasteiger partial charge in [0, 0.05) is 72.8 Å². The minimum absolute atomic E-state index is 0.728. The molecule has 1 unspecified atom stereocenters. The minimum Gasteiger partial charge on any atom is -0.361 e. The lowest BCUT2D eigenvalue weighted by molar-refractivity contribution is 0.148. The molecule has 1 saturated heterocycles. The summed E-state index contributed by atoms with van der Waals surface area (Å²) in [6.45, 7) is 9.53. The van der Waals surface area contributed by atoms with Crippen molar-refractivity contribution in [1.82, 2.24) is 23.7 Å². The molecule has 0 spiro atoms. The molecule has 3 aromatic carbocycles. The molecule has 3 aromatic heterocycles. The van der Waals surface area contributed by atoms with Crippen molar-refractivity contribution in [2.45, 2.75) is 25.3 Å². The first kappa shape index (κ1) is 26.8. The largest absolute Gasteiger partial charge is 0.361 e. The van der Waals surface area contributed by atoms with Crippen LogP contribution in [0.3, 0.4) is 0 Å². The van der Waals surface area contributed by atoms with Crippen LogP contribution in [0.5, 0.6) is 0 Å². The first-order valence-corrected chi connectivity index (χ1v) is 15.6. The van der Waals surface area contributed by atoms with E-state index in [1.807, 2.05) is 47.6 Å². The number of pyridine rings is 1. The van der Waals surface area contributed by atoms with E-state index in [1.165, 1.54) is 5.56 Å². The summed E-state index contributed by atoms with van der Waals surface area (Å²) >= 11 is 0. The van der Waals surface area contributed by atoms with Gasteiger partial charge in [-0.15, -0.1) is 0 Å². The fourth-order valence-electron chi connectivity index (χ4n) is 6.02. The number of rotatable bonds is 6. The Bertz CT molecular complexity index is 1910. The maximum atomic E-state index is 14.0. The number of piperazine rings is 1. The van der Waals surface area contributed by atoms with Crippen LogP contribution in [0.4, 0.5) is 0 Å². The highest BCUT2D eigenvalue weighted by Crippen LogP contribution is 2.38. The van der Waals surface area contributed by atoms with Crippen molar-refractivity contribution in [3.63, 3.8) is 0 Å². The highest BCUT2D eigenvalue weighted by molar-refractivity contribution is 7.83. The normalized spacial score (nSPS) is 15.5. The molecule has 7 rings (SSSR count). The molecule has 0 saturated carbocycles. The number of nitrogens with one attached hydrogen (secondary N) is 1. The Morgan fingerprint density at radius 1 is 0.833 bits per heavy atom. The van der Waals surface area contributed by atoms with Crippen molar-refractivity contribution in [3.8, 4) is 22.3 Å². The molecule has 1 aliphatic rings. The second kappa shape index (κ2) is 11.0. The van der Waals surface area contributed by atoms with E-state index in [0.29, 0.717) is 0 Å². The zero-order valence-corrected chi connectivity index (χ0v) is 25.1. The fraction of sp³-hybridized carbons (Fsp3) is 0.229. The predicted molar refractivity (Wildman–Crippen MR) is 173 cm³/mol. The first-order valence-electron chi connectivity index (χ1n) is 14.5. The van der Waals surface area contributed by atoms with Crippen LogP contribution in [0.1, 0.15) is 16.8 Å². The maximum Gasteiger partial charge on any atom is 0.158 e. The van der Waals surface area contributed by atoms with Crippen LogP contribution in [0, 0.1) is 13.8 Å². The van der Waals surface area contributed by atoms with Gasteiger partial charge in [-0.1, -0.05) is 48.0 Å². The van der Waals surface area contributed by atoms with Gasteiger partial charge in [0.05, 0.1) is 4.90 Å². The van der Waals surface area contributed by atoms with Gasteiger partial charge in [-0.2, -0.15) is 0 Å². The van der Waals surface area contributed by atoms with Gasteiger partial charge in [-0.3, -0.25) is 4.90 Å². The molecule has 0 radical (unpaired) electrons. The van der Waals surface area contributed by atoms with Gasteiger partial charge in [0.25, 0.3) is 0 Å². The Labute approximate surface area is 249 Å². The summed E-state index contributed by atoms with van der Waals surface area (Å²) in [5.41, 5.74) is 9.56. The molecule has 212 valence electrons. The molecule has 1 N–H and O–H groups in total. The third kappa shape index (κ3) is 4.98.